The van der Waals surface area contributed by atoms with Crippen molar-refractivity contribution in [2.24, 2.45) is 4.99 Å². The molecule has 0 bridgehead atoms. The topological polar surface area (TPSA) is 22.1 Å². The molecule has 2 aromatic carbocycles. The second-order valence-electron chi connectivity index (χ2n) is 11.6. The molecule has 4 heterocycles. The molecular weight excluding hydrogens is 436 g/mol. The molecule has 0 amide bonds. The van der Waals surface area contributed by atoms with E-state index in [0.717, 1.165) is 13.1 Å². The van der Waals surface area contributed by atoms with Crippen molar-refractivity contribution < 1.29 is 0 Å². The van der Waals surface area contributed by atoms with Crippen LogP contribution in [-0.2, 0) is 5.41 Å². The van der Waals surface area contributed by atoms with E-state index >= 15 is 0 Å². The molecule has 4 nitrogen and oxygen atoms in total. The van der Waals surface area contributed by atoms with Crippen LogP contribution in [0.15, 0.2) is 34.2 Å². The minimum atomic E-state index is 0.00994. The van der Waals surface area contributed by atoms with Crippen LogP contribution in [0.4, 0.5) is 22.7 Å². The third kappa shape index (κ3) is 3.84. The molecule has 5 heteroatoms. The van der Waals surface area contributed by atoms with Crippen LogP contribution in [-0.4, -0.2) is 45.5 Å². The number of fused-ring (bicyclic) bond motifs is 2. The van der Waals surface area contributed by atoms with E-state index in [4.69, 9.17) is 4.99 Å². The Bertz CT molecular complexity index is 1220. The number of rotatable bonds is 3. The highest BCUT2D eigenvalue weighted by Gasteiger charge is 2.27. The molecule has 6 rings (SSSR count). The lowest BCUT2D eigenvalue weighted by Crippen LogP contribution is -2.28. The van der Waals surface area contributed by atoms with Gasteiger partial charge in [0.2, 0.25) is 0 Å². The Morgan fingerprint density at radius 2 is 1.24 bits per heavy atom. The molecule has 0 N–H and O–H groups in total. The van der Waals surface area contributed by atoms with Crippen molar-refractivity contribution in [1.29, 1.82) is 0 Å². The second kappa shape index (κ2) is 8.58. The van der Waals surface area contributed by atoms with Crippen molar-refractivity contribution in [2.45, 2.75) is 69.6 Å². The van der Waals surface area contributed by atoms with Crippen molar-refractivity contribution in [3.63, 3.8) is 0 Å². The molecule has 3 fully saturated rings. The Morgan fingerprint density at radius 1 is 0.706 bits per heavy atom. The molecule has 4 aliphatic rings. The van der Waals surface area contributed by atoms with Gasteiger partial charge in [-0.25, -0.2) is 4.99 Å². The number of anilines is 3. The van der Waals surface area contributed by atoms with Crippen LogP contribution < -0.4 is 20.1 Å². The van der Waals surface area contributed by atoms with E-state index in [0.29, 0.717) is 0 Å². The summed E-state index contributed by atoms with van der Waals surface area (Å²) < 4.78 is 1.45. The highest BCUT2D eigenvalue weighted by molar-refractivity contribution is 8.09. The molecule has 0 spiro atoms. The van der Waals surface area contributed by atoms with E-state index in [1.807, 2.05) is 0 Å². The van der Waals surface area contributed by atoms with Crippen molar-refractivity contribution in [2.75, 3.05) is 60.2 Å². The van der Waals surface area contributed by atoms with Crippen molar-refractivity contribution in [3.8, 4) is 0 Å². The van der Waals surface area contributed by atoms with Crippen LogP contribution in [0.3, 0.4) is 0 Å². The molecule has 34 heavy (non-hydrogen) atoms. The van der Waals surface area contributed by atoms with Gasteiger partial charge in [0.25, 0.3) is 0 Å². The summed E-state index contributed by atoms with van der Waals surface area (Å²) in [6.45, 7) is 14.1. The fourth-order valence-electron chi connectivity index (χ4n) is 6.18. The molecule has 1 unspecified atom stereocenters. The average Bonchev–Trinajstić information content (AvgIpc) is 3.61. The van der Waals surface area contributed by atoms with Gasteiger partial charge in [-0.3, -0.25) is 0 Å². The van der Waals surface area contributed by atoms with E-state index in [-0.39, 0.29) is 15.9 Å². The van der Waals surface area contributed by atoms with E-state index in [1.54, 1.807) is 0 Å². The minimum Gasteiger partial charge on any atom is -0.371 e. The Hall–Kier alpha value is -2.01. The second-order valence-corrected chi connectivity index (χ2v) is 13.5. The summed E-state index contributed by atoms with van der Waals surface area (Å²) in [7, 11) is 0.00994. The molecule has 0 radical (unpaired) electrons. The summed E-state index contributed by atoms with van der Waals surface area (Å²) in [5.41, 5.74) is 6.94. The Labute approximate surface area is 207 Å². The van der Waals surface area contributed by atoms with Crippen LogP contribution >= 0.6 is 10.5 Å². The summed E-state index contributed by atoms with van der Waals surface area (Å²) in [4.78, 5) is 14.8. The van der Waals surface area contributed by atoms with Crippen LogP contribution in [0.1, 0.15) is 64.9 Å². The molecule has 0 aromatic heterocycles. The van der Waals surface area contributed by atoms with Crippen LogP contribution in [0, 0.1) is 4.51 Å². The average molecular weight is 477 g/mol. The number of hydrogen-bond acceptors (Lipinski definition) is 4. The minimum absolute atomic E-state index is 0.00994. The molecule has 4 aliphatic heterocycles. The number of benzene rings is 2. The normalized spacial score (nSPS) is 22.2. The first-order valence-corrected chi connectivity index (χ1v) is 15.0. The van der Waals surface area contributed by atoms with Crippen molar-refractivity contribution in [3.05, 3.63) is 39.7 Å². The van der Waals surface area contributed by atoms with Crippen LogP contribution in [0.25, 0.3) is 0 Å². The maximum atomic E-state index is 5.53. The third-order valence-corrected chi connectivity index (χ3v) is 10.1. The molecule has 3 saturated heterocycles. The summed E-state index contributed by atoms with van der Waals surface area (Å²) in [5.74, 6) is 0. The van der Waals surface area contributed by atoms with Gasteiger partial charge in [0, 0.05) is 60.0 Å². The third-order valence-electron chi connectivity index (χ3n) is 8.18. The smallest absolute Gasteiger partial charge is 0.100 e. The summed E-state index contributed by atoms with van der Waals surface area (Å²) >= 11 is 0. The number of nitrogens with zero attached hydrogens (tertiary/aromatic N) is 4. The highest BCUT2D eigenvalue weighted by Crippen LogP contribution is 2.47. The first-order chi connectivity index (χ1) is 16.4. The largest absolute Gasteiger partial charge is 0.371 e. The number of hydrogen-bond donors (Lipinski definition) is 0. The predicted octanol–water partition coefficient (Wildman–Crippen LogP) is 6.26. The van der Waals surface area contributed by atoms with Crippen LogP contribution in [0.2, 0.25) is 0 Å². The Morgan fingerprint density at radius 3 is 1.79 bits per heavy atom. The fourth-order valence-corrected chi connectivity index (χ4v) is 7.90. The zero-order chi connectivity index (χ0) is 23.4. The molecule has 2 aromatic rings. The Balaban J connectivity index is 1.61. The molecule has 0 saturated carbocycles. The van der Waals surface area contributed by atoms with E-state index in [2.05, 4.69) is 66.0 Å². The van der Waals surface area contributed by atoms with Crippen molar-refractivity contribution in [1.82, 2.24) is 0 Å². The lowest BCUT2D eigenvalue weighted by Gasteiger charge is -2.30. The first kappa shape index (κ1) is 22.5. The van der Waals surface area contributed by atoms with Crippen LogP contribution in [0.5, 0.6) is 0 Å². The van der Waals surface area contributed by atoms with E-state index in [9.17, 15) is 0 Å². The van der Waals surface area contributed by atoms with E-state index < -0.39 is 0 Å². The quantitative estimate of drug-likeness (QED) is 0.488. The zero-order valence-electron chi connectivity index (χ0n) is 21.5. The van der Waals surface area contributed by atoms with Gasteiger partial charge in [-0.15, -0.1) is 10.5 Å². The van der Waals surface area contributed by atoms with Gasteiger partial charge in [-0.05, 0) is 80.0 Å². The molecule has 1 atom stereocenters. The fraction of sp³-hybridized carbons (Fsp3) is 0.586. The predicted molar refractivity (Wildman–Crippen MR) is 147 cm³/mol. The molecule has 0 aliphatic carbocycles. The Kier molecular flexibility index (Phi) is 5.67. The maximum Gasteiger partial charge on any atom is 0.100 e. The zero-order valence-corrected chi connectivity index (χ0v) is 22.3. The van der Waals surface area contributed by atoms with Gasteiger partial charge >= 0.3 is 0 Å². The summed E-state index contributed by atoms with van der Waals surface area (Å²) in [6.07, 6.45) is 10.3. The van der Waals surface area contributed by atoms with Gasteiger partial charge in [-0.2, -0.15) is 0 Å². The lowest BCUT2D eigenvalue weighted by atomic mass is 9.86. The lowest BCUT2D eigenvalue weighted by molar-refractivity contribution is 0.583. The van der Waals surface area contributed by atoms with Gasteiger partial charge in [-0.1, -0.05) is 20.8 Å². The SMILES string of the molecule is CS1=c2cc(N3CCCC3)cc(C(C)(C)C)c2=Nc2c(N3CCCC3)cc(N3CCCC3)cc21. The monoisotopic (exact) mass is 476 g/mol. The summed E-state index contributed by atoms with van der Waals surface area (Å²) in [6, 6.07) is 9.92. The maximum absolute atomic E-state index is 5.53. The van der Waals surface area contributed by atoms with E-state index in [1.165, 1.54) is 108 Å². The van der Waals surface area contributed by atoms with Gasteiger partial charge in [0.05, 0.1) is 11.0 Å². The standard InChI is InChI=1S/C29H40N4S/c1-29(2,3)23-17-21(31-11-5-6-12-31)19-25-27(23)30-28-24(33-15-9-10-16-33)18-22(20-26(28)34(25)4)32-13-7-8-14-32/h17-20H,5-16H2,1-4H3. The van der Waals surface area contributed by atoms with Gasteiger partial charge < -0.3 is 14.7 Å². The first-order valence-electron chi connectivity index (χ1n) is 13.4. The van der Waals surface area contributed by atoms with Crippen molar-refractivity contribution >= 4 is 33.2 Å². The molecular formula is C29H40N4S. The molecule has 182 valence electrons. The van der Waals surface area contributed by atoms with Gasteiger partial charge in [0.1, 0.15) is 5.69 Å². The van der Waals surface area contributed by atoms with Gasteiger partial charge in [0.15, 0.2) is 0 Å². The summed E-state index contributed by atoms with van der Waals surface area (Å²) in [5, 5.41) is 1.25. The highest BCUT2D eigenvalue weighted by atomic mass is 32.2.